The Morgan fingerprint density at radius 1 is 0.976 bits per heavy atom. The lowest BCUT2D eigenvalue weighted by Gasteiger charge is -2.20. The Balaban J connectivity index is 1.48. The van der Waals surface area contributed by atoms with Crippen molar-refractivity contribution in [1.82, 2.24) is 10.3 Å². The lowest BCUT2D eigenvalue weighted by Crippen LogP contribution is -2.26. The number of nitrogens with one attached hydrogen (secondary N) is 2. The topological polar surface area (TPSA) is 105 Å². The van der Waals surface area contributed by atoms with Crippen molar-refractivity contribution in [2.75, 3.05) is 13.7 Å². The van der Waals surface area contributed by atoms with Crippen molar-refractivity contribution in [3.05, 3.63) is 140 Å². The van der Waals surface area contributed by atoms with Crippen molar-refractivity contribution in [3.8, 4) is 11.5 Å². The summed E-state index contributed by atoms with van der Waals surface area (Å²) in [6, 6.07) is 29.5. The van der Waals surface area contributed by atoms with Crippen molar-refractivity contribution in [2.24, 2.45) is 0 Å². The number of hydrogen-bond donors (Lipinski definition) is 3. The number of hydrogen-bond acceptors (Lipinski definition) is 5. The van der Waals surface area contributed by atoms with E-state index in [0.717, 1.165) is 32.2 Å². The summed E-state index contributed by atoms with van der Waals surface area (Å²) < 4.78 is 11.9. The molecule has 1 unspecified atom stereocenters. The zero-order valence-electron chi connectivity index (χ0n) is 22.7. The number of para-hydroxylation sites is 3. The first-order chi connectivity index (χ1) is 20.5. The molecular formula is C34H27BrN2O5. The van der Waals surface area contributed by atoms with Gasteiger partial charge in [0.25, 0.3) is 5.91 Å². The SMILES string of the molecule is COc1ccccc1C(=O)NCCc1c(C(c2cccc(Br)c2)c2c(O)c3ccccc3oc2=O)[nH]c2ccccc12. The Bertz CT molecular complexity index is 1990. The zero-order valence-corrected chi connectivity index (χ0v) is 24.3. The molecule has 6 rings (SSSR count). The molecule has 42 heavy (non-hydrogen) atoms. The molecule has 3 N–H and O–H groups in total. The van der Waals surface area contributed by atoms with Gasteiger partial charge < -0.3 is 24.6 Å². The van der Waals surface area contributed by atoms with Gasteiger partial charge in [-0.25, -0.2) is 4.79 Å². The van der Waals surface area contributed by atoms with Gasteiger partial charge in [-0.15, -0.1) is 0 Å². The largest absolute Gasteiger partial charge is 0.507 e. The highest BCUT2D eigenvalue weighted by Crippen LogP contribution is 2.41. The maximum Gasteiger partial charge on any atom is 0.344 e. The van der Waals surface area contributed by atoms with Crippen LogP contribution in [0.4, 0.5) is 0 Å². The molecular weight excluding hydrogens is 596 g/mol. The monoisotopic (exact) mass is 622 g/mol. The number of carbonyl (C=O) groups excluding carboxylic acids is 1. The van der Waals surface area contributed by atoms with Crippen LogP contribution in [0.2, 0.25) is 0 Å². The highest BCUT2D eigenvalue weighted by Gasteiger charge is 2.30. The first-order valence-corrected chi connectivity index (χ1v) is 14.3. The van der Waals surface area contributed by atoms with E-state index in [9.17, 15) is 14.7 Å². The number of benzene rings is 4. The molecule has 0 saturated carbocycles. The number of methoxy groups -OCH3 is 1. The number of H-pyrrole nitrogens is 1. The lowest BCUT2D eigenvalue weighted by molar-refractivity contribution is 0.0951. The van der Waals surface area contributed by atoms with Gasteiger partial charge in [-0.2, -0.15) is 0 Å². The molecule has 0 radical (unpaired) electrons. The van der Waals surface area contributed by atoms with Crippen LogP contribution in [0, 0.1) is 0 Å². The third-order valence-electron chi connectivity index (χ3n) is 7.44. The second-order valence-electron chi connectivity index (χ2n) is 9.90. The molecule has 0 saturated heterocycles. The standard InChI is InChI=1S/C34H27BrN2O5/c1-41-27-15-6-4-13-25(27)33(39)36-18-17-23-22-11-2-5-14-26(22)37-31(23)29(20-9-8-10-21(35)19-20)30-32(38)24-12-3-7-16-28(24)42-34(30)40/h2-16,19,29,37-38H,17-18H2,1H3,(H,36,39). The predicted molar refractivity (Wildman–Crippen MR) is 167 cm³/mol. The quantitative estimate of drug-likeness (QED) is 0.160. The molecule has 0 aliphatic carbocycles. The molecule has 0 fully saturated rings. The Morgan fingerprint density at radius 3 is 2.52 bits per heavy atom. The number of halogens is 1. The van der Waals surface area contributed by atoms with Gasteiger partial charge in [0.1, 0.15) is 17.1 Å². The number of aromatic amines is 1. The average Bonchev–Trinajstić information content (AvgIpc) is 3.37. The predicted octanol–water partition coefficient (Wildman–Crippen LogP) is 6.90. The minimum Gasteiger partial charge on any atom is -0.507 e. The first-order valence-electron chi connectivity index (χ1n) is 13.5. The number of rotatable bonds is 8. The molecule has 1 atom stereocenters. The smallest absolute Gasteiger partial charge is 0.344 e. The Labute approximate surface area is 249 Å². The highest BCUT2D eigenvalue weighted by atomic mass is 79.9. The van der Waals surface area contributed by atoms with Crippen LogP contribution in [0.3, 0.4) is 0 Å². The van der Waals surface area contributed by atoms with E-state index < -0.39 is 11.5 Å². The van der Waals surface area contributed by atoms with Gasteiger partial charge in [0, 0.05) is 27.6 Å². The molecule has 6 aromatic rings. The number of fused-ring (bicyclic) bond motifs is 2. The van der Waals surface area contributed by atoms with Crippen LogP contribution in [0.15, 0.2) is 111 Å². The minimum absolute atomic E-state index is 0.124. The third kappa shape index (κ3) is 5.05. The molecule has 0 aliphatic heterocycles. The van der Waals surface area contributed by atoms with Crippen LogP contribution in [0.1, 0.15) is 38.7 Å². The fraction of sp³-hybridized carbons (Fsp3) is 0.118. The van der Waals surface area contributed by atoms with Crippen molar-refractivity contribution >= 4 is 43.7 Å². The van der Waals surface area contributed by atoms with E-state index >= 15 is 0 Å². The summed E-state index contributed by atoms with van der Waals surface area (Å²) >= 11 is 3.57. The summed E-state index contributed by atoms with van der Waals surface area (Å²) in [6.07, 6.45) is 0.463. The number of aromatic nitrogens is 1. The Kier molecular flexibility index (Phi) is 7.54. The normalized spacial score (nSPS) is 12.0. The van der Waals surface area contributed by atoms with Gasteiger partial charge in [-0.3, -0.25) is 4.79 Å². The van der Waals surface area contributed by atoms with E-state index in [-0.39, 0.29) is 17.2 Å². The minimum atomic E-state index is -0.685. The number of ether oxygens (including phenoxy) is 1. The Hall–Kier alpha value is -4.82. The van der Waals surface area contributed by atoms with Crippen LogP contribution in [0.25, 0.3) is 21.9 Å². The second kappa shape index (κ2) is 11.6. The van der Waals surface area contributed by atoms with E-state index in [1.807, 2.05) is 54.6 Å². The van der Waals surface area contributed by atoms with Gasteiger partial charge in [0.15, 0.2) is 0 Å². The van der Waals surface area contributed by atoms with Gasteiger partial charge in [-0.1, -0.05) is 70.5 Å². The first kappa shape index (κ1) is 27.4. The molecule has 2 heterocycles. The van der Waals surface area contributed by atoms with Crippen LogP contribution in [-0.2, 0) is 6.42 Å². The summed E-state index contributed by atoms with van der Waals surface area (Å²) in [4.78, 5) is 30.1. The van der Waals surface area contributed by atoms with E-state index in [1.54, 1.807) is 42.5 Å². The molecule has 0 aliphatic rings. The van der Waals surface area contributed by atoms with Crippen molar-refractivity contribution in [3.63, 3.8) is 0 Å². The molecule has 2 aromatic heterocycles. The maximum atomic E-state index is 13.6. The van der Waals surface area contributed by atoms with Crippen LogP contribution < -0.4 is 15.7 Å². The molecule has 0 spiro atoms. The van der Waals surface area contributed by atoms with Crippen molar-refractivity contribution < 1.29 is 19.1 Å². The van der Waals surface area contributed by atoms with E-state index in [0.29, 0.717) is 35.2 Å². The van der Waals surface area contributed by atoms with Gasteiger partial charge in [0.2, 0.25) is 0 Å². The lowest BCUT2D eigenvalue weighted by atomic mass is 9.85. The average molecular weight is 624 g/mol. The summed E-state index contributed by atoms with van der Waals surface area (Å²) in [6.45, 7) is 0.329. The molecule has 4 aromatic carbocycles. The highest BCUT2D eigenvalue weighted by molar-refractivity contribution is 9.10. The van der Waals surface area contributed by atoms with Crippen molar-refractivity contribution in [1.29, 1.82) is 0 Å². The second-order valence-corrected chi connectivity index (χ2v) is 10.8. The maximum absolute atomic E-state index is 13.6. The third-order valence-corrected chi connectivity index (χ3v) is 7.93. The van der Waals surface area contributed by atoms with Crippen LogP contribution in [-0.4, -0.2) is 29.7 Å². The molecule has 8 heteroatoms. The molecule has 1 amide bonds. The van der Waals surface area contributed by atoms with Gasteiger partial charge in [0.05, 0.1) is 29.5 Å². The summed E-state index contributed by atoms with van der Waals surface area (Å²) in [5.74, 6) is -0.558. The molecule has 0 bridgehead atoms. The Morgan fingerprint density at radius 2 is 1.71 bits per heavy atom. The van der Waals surface area contributed by atoms with E-state index in [2.05, 4.69) is 26.2 Å². The van der Waals surface area contributed by atoms with E-state index in [4.69, 9.17) is 9.15 Å². The molecule has 7 nitrogen and oxygen atoms in total. The summed E-state index contributed by atoms with van der Waals surface area (Å²) in [5.41, 5.74) is 3.60. The summed E-state index contributed by atoms with van der Waals surface area (Å²) in [7, 11) is 1.53. The van der Waals surface area contributed by atoms with E-state index in [1.165, 1.54) is 7.11 Å². The number of amides is 1. The molecule has 210 valence electrons. The number of aromatic hydroxyl groups is 1. The van der Waals surface area contributed by atoms with Gasteiger partial charge in [-0.05, 0) is 60.0 Å². The van der Waals surface area contributed by atoms with Crippen LogP contribution >= 0.6 is 15.9 Å². The number of carbonyl (C=O) groups is 1. The fourth-order valence-electron chi connectivity index (χ4n) is 5.53. The fourth-order valence-corrected chi connectivity index (χ4v) is 5.95. The zero-order chi connectivity index (χ0) is 29.2. The van der Waals surface area contributed by atoms with Crippen molar-refractivity contribution in [2.45, 2.75) is 12.3 Å². The van der Waals surface area contributed by atoms with Gasteiger partial charge >= 0.3 is 5.63 Å². The summed E-state index contributed by atoms with van der Waals surface area (Å²) in [5, 5.41) is 16.0. The van der Waals surface area contributed by atoms with Crippen LogP contribution in [0.5, 0.6) is 11.5 Å².